The second-order valence-electron chi connectivity index (χ2n) is 13.6. The molecule has 0 aromatic rings. The Morgan fingerprint density at radius 1 is 1.08 bits per heavy atom. The van der Waals surface area contributed by atoms with Gasteiger partial charge in [-0.1, -0.05) is 6.42 Å². The van der Waals surface area contributed by atoms with Gasteiger partial charge in [-0.3, -0.25) is 9.69 Å². The van der Waals surface area contributed by atoms with Crippen LogP contribution in [-0.2, 0) is 9.53 Å². The fourth-order valence-electron chi connectivity index (χ4n) is 8.89. The molecule has 4 aliphatic heterocycles. The summed E-state index contributed by atoms with van der Waals surface area (Å²) in [6.07, 6.45) is 1.59. The van der Waals surface area contributed by atoms with Crippen molar-refractivity contribution in [2.24, 2.45) is 35.0 Å². The zero-order valence-corrected chi connectivity index (χ0v) is 23.1. The smallest absolute Gasteiger partial charge is 0.380 e. The first-order chi connectivity index (χ1) is 18.6. The van der Waals surface area contributed by atoms with Crippen molar-refractivity contribution in [2.45, 2.75) is 82.3 Å². The highest BCUT2D eigenvalue weighted by molar-refractivity contribution is 5.82. The molecule has 2 aliphatic carbocycles. The number of carbonyl (C=O) groups excluding carboxylic acids is 1. The summed E-state index contributed by atoms with van der Waals surface area (Å²) in [5, 5.41) is 0. The topological polar surface area (TPSA) is 60.1 Å². The van der Waals surface area contributed by atoms with E-state index in [2.05, 4.69) is 22.8 Å². The van der Waals surface area contributed by atoms with Crippen LogP contribution in [0, 0.1) is 35.0 Å². The van der Waals surface area contributed by atoms with Gasteiger partial charge in [-0.05, 0) is 82.7 Å². The molecule has 4 saturated heterocycles. The van der Waals surface area contributed by atoms with Gasteiger partial charge >= 0.3 is 6.18 Å². The number of likely N-dealkylation sites (tertiary alicyclic amines) is 2. The molecule has 2 N–H and O–H groups in total. The third kappa shape index (κ3) is 5.59. The number of nitrogens with zero attached hydrogens (tertiary/aromatic N) is 3. The van der Waals surface area contributed by atoms with Crippen molar-refractivity contribution in [3.63, 3.8) is 0 Å². The minimum Gasteiger partial charge on any atom is -0.380 e. The number of amides is 1. The zero-order valence-electron chi connectivity index (χ0n) is 23.1. The Morgan fingerprint density at radius 3 is 2.56 bits per heavy atom. The minimum atomic E-state index is -4.32. The highest BCUT2D eigenvalue weighted by atomic mass is 19.4. The lowest BCUT2D eigenvalue weighted by Crippen LogP contribution is -2.56. The molecule has 2 saturated carbocycles. The van der Waals surface area contributed by atoms with Crippen molar-refractivity contribution in [3.05, 3.63) is 0 Å². The maximum Gasteiger partial charge on any atom is 0.392 e. The SMILES string of the molecule is CN1CNNC1CC1(C2CCCC(N3CC4C(CC(CN5CCC[C@H](F)C5)CC4C(F)(F)F)C3=O)C2)COC1. The van der Waals surface area contributed by atoms with Gasteiger partial charge in [0.25, 0.3) is 0 Å². The van der Waals surface area contributed by atoms with Crippen molar-refractivity contribution in [3.8, 4) is 0 Å². The van der Waals surface area contributed by atoms with Gasteiger partial charge in [-0.25, -0.2) is 15.2 Å². The van der Waals surface area contributed by atoms with Crippen LogP contribution >= 0.6 is 0 Å². The van der Waals surface area contributed by atoms with Crippen LogP contribution in [0.15, 0.2) is 0 Å². The van der Waals surface area contributed by atoms with E-state index in [0.29, 0.717) is 45.1 Å². The molecule has 0 spiro atoms. The number of hydrogen-bond acceptors (Lipinski definition) is 6. The monoisotopic (exact) mass is 559 g/mol. The van der Waals surface area contributed by atoms with Crippen molar-refractivity contribution in [1.82, 2.24) is 25.6 Å². The number of halogens is 4. The summed E-state index contributed by atoms with van der Waals surface area (Å²) in [6, 6.07) is 0.00782. The van der Waals surface area contributed by atoms with Gasteiger partial charge in [-0.2, -0.15) is 13.2 Å². The predicted molar refractivity (Wildman–Crippen MR) is 138 cm³/mol. The maximum absolute atomic E-state index is 14.4. The van der Waals surface area contributed by atoms with Gasteiger partial charge in [0, 0.05) is 37.0 Å². The average Bonchev–Trinajstić information content (AvgIpc) is 3.43. The summed E-state index contributed by atoms with van der Waals surface area (Å²) < 4.78 is 62.8. The number of ether oxygens (including phenoxy) is 1. The Labute approximate surface area is 229 Å². The van der Waals surface area contributed by atoms with Gasteiger partial charge < -0.3 is 14.5 Å². The average molecular weight is 560 g/mol. The fraction of sp³-hybridized carbons (Fsp3) is 0.964. The van der Waals surface area contributed by atoms with Crippen LogP contribution in [-0.4, -0.2) is 98.3 Å². The van der Waals surface area contributed by atoms with Gasteiger partial charge in [0.05, 0.1) is 32.0 Å². The molecular weight excluding hydrogens is 514 g/mol. The molecule has 8 atom stereocenters. The molecule has 0 aromatic heterocycles. The molecule has 11 heteroatoms. The third-order valence-corrected chi connectivity index (χ3v) is 11.1. The lowest BCUT2D eigenvalue weighted by molar-refractivity contribution is -0.204. The summed E-state index contributed by atoms with van der Waals surface area (Å²) in [5.74, 6) is -2.56. The number of hydrogen-bond donors (Lipinski definition) is 2. The second kappa shape index (κ2) is 11.0. The van der Waals surface area contributed by atoms with Crippen molar-refractivity contribution in [2.75, 3.05) is 53.1 Å². The van der Waals surface area contributed by atoms with E-state index >= 15 is 0 Å². The fourth-order valence-corrected chi connectivity index (χ4v) is 8.89. The van der Waals surface area contributed by atoms with Crippen LogP contribution in [0.25, 0.3) is 0 Å². The van der Waals surface area contributed by atoms with E-state index in [0.717, 1.165) is 51.7 Å². The highest BCUT2D eigenvalue weighted by Gasteiger charge is 2.58. The zero-order chi connectivity index (χ0) is 27.4. The molecule has 39 heavy (non-hydrogen) atoms. The lowest BCUT2D eigenvalue weighted by Gasteiger charge is -2.52. The van der Waals surface area contributed by atoms with Crippen LogP contribution in [0.1, 0.15) is 57.8 Å². The summed E-state index contributed by atoms with van der Waals surface area (Å²) in [7, 11) is 2.09. The Kier molecular flexibility index (Phi) is 7.93. The van der Waals surface area contributed by atoms with E-state index in [4.69, 9.17) is 4.74 Å². The normalized spacial score (nSPS) is 42.0. The number of nitrogens with one attached hydrogen (secondary N) is 2. The van der Waals surface area contributed by atoms with Crippen molar-refractivity contribution in [1.29, 1.82) is 0 Å². The van der Waals surface area contributed by atoms with Crippen LogP contribution in [0.5, 0.6) is 0 Å². The van der Waals surface area contributed by atoms with E-state index in [-0.39, 0.29) is 42.4 Å². The van der Waals surface area contributed by atoms with E-state index in [1.807, 2.05) is 9.80 Å². The number of hydrazine groups is 1. The molecule has 1 amide bonds. The Balaban J connectivity index is 1.14. The van der Waals surface area contributed by atoms with Gasteiger partial charge in [-0.15, -0.1) is 0 Å². The first kappa shape index (κ1) is 28.1. The standard InChI is InChI=1S/C28H45F4N5O2/c1-35-17-33-34-25(35)11-27(15-39-16-27)19-4-2-6-21(10-19)37-14-23-22(26(37)38)8-18(9-24(23)28(30,31)32)12-36-7-3-5-20(29)13-36/h18-25,33-34H,2-17H2,1H3/t18?,19?,20-,21?,22?,23?,24?,25?/m0/s1. The summed E-state index contributed by atoms with van der Waals surface area (Å²) in [4.78, 5) is 19.9. The maximum atomic E-state index is 14.4. The largest absolute Gasteiger partial charge is 0.392 e. The summed E-state index contributed by atoms with van der Waals surface area (Å²) in [5.41, 5.74) is 6.61. The second-order valence-corrected chi connectivity index (χ2v) is 13.6. The molecule has 6 fully saturated rings. The van der Waals surface area contributed by atoms with E-state index < -0.39 is 30.1 Å². The molecule has 0 radical (unpaired) electrons. The number of rotatable bonds is 6. The first-order valence-electron chi connectivity index (χ1n) is 15.1. The Bertz CT molecular complexity index is 889. The molecule has 6 rings (SSSR count). The number of alkyl halides is 4. The lowest BCUT2D eigenvalue weighted by atomic mass is 9.64. The molecule has 7 unspecified atom stereocenters. The first-order valence-corrected chi connectivity index (χ1v) is 15.1. The molecular formula is C28H45F4N5O2. The van der Waals surface area contributed by atoms with Gasteiger partial charge in [0.1, 0.15) is 6.17 Å². The van der Waals surface area contributed by atoms with Crippen molar-refractivity contribution < 1.29 is 27.1 Å². The predicted octanol–water partition coefficient (Wildman–Crippen LogP) is 3.37. The van der Waals surface area contributed by atoms with Gasteiger partial charge in [0.2, 0.25) is 5.91 Å². The van der Waals surface area contributed by atoms with Crippen LogP contribution in [0.2, 0.25) is 0 Å². The number of carbonyl (C=O) groups is 1. The van der Waals surface area contributed by atoms with E-state index in [9.17, 15) is 22.4 Å². The molecule has 7 nitrogen and oxygen atoms in total. The molecule has 6 aliphatic rings. The minimum absolute atomic E-state index is 0.00782. The van der Waals surface area contributed by atoms with Crippen LogP contribution in [0.4, 0.5) is 17.6 Å². The Morgan fingerprint density at radius 2 is 1.90 bits per heavy atom. The molecule has 0 bridgehead atoms. The third-order valence-electron chi connectivity index (χ3n) is 11.1. The molecule has 0 aromatic carbocycles. The van der Waals surface area contributed by atoms with E-state index in [1.54, 1.807) is 0 Å². The summed E-state index contributed by atoms with van der Waals surface area (Å²) in [6.45, 7) is 3.95. The van der Waals surface area contributed by atoms with Crippen LogP contribution < -0.4 is 10.9 Å². The van der Waals surface area contributed by atoms with Gasteiger partial charge in [0.15, 0.2) is 0 Å². The quantitative estimate of drug-likeness (QED) is 0.487. The Hall–Kier alpha value is -1.01. The summed E-state index contributed by atoms with van der Waals surface area (Å²) >= 11 is 0. The van der Waals surface area contributed by atoms with Crippen LogP contribution in [0.3, 0.4) is 0 Å². The van der Waals surface area contributed by atoms with E-state index in [1.165, 1.54) is 0 Å². The number of piperidine rings is 1. The van der Waals surface area contributed by atoms with Crippen molar-refractivity contribution >= 4 is 5.91 Å². The highest BCUT2D eigenvalue weighted by Crippen LogP contribution is 2.53. The number of fused-ring (bicyclic) bond motifs is 1. The molecule has 222 valence electrons. The molecule has 4 heterocycles.